The number of benzene rings is 1. The molecule has 0 aliphatic heterocycles. The van der Waals surface area contributed by atoms with Gasteiger partial charge in [0.25, 0.3) is 0 Å². The Balaban J connectivity index is 2.17. The molecule has 0 saturated heterocycles. The Bertz CT molecular complexity index is 738. The highest BCUT2D eigenvalue weighted by molar-refractivity contribution is 7.12. The summed E-state index contributed by atoms with van der Waals surface area (Å²) in [6.07, 6.45) is 0.266. The second kappa shape index (κ2) is 8.76. The number of nitrogens with one attached hydrogen (secondary N) is 1. The van der Waals surface area contributed by atoms with Gasteiger partial charge in [-0.1, -0.05) is 29.8 Å². The average Bonchev–Trinajstić information content (AvgIpc) is 2.93. The Morgan fingerprint density at radius 2 is 1.84 bits per heavy atom. The molecule has 6 heteroatoms. The summed E-state index contributed by atoms with van der Waals surface area (Å²) in [6, 6.07) is 8.15. The molecule has 134 valence electrons. The third-order valence-electron chi connectivity index (χ3n) is 3.88. The second-order valence-electron chi connectivity index (χ2n) is 5.91. The normalized spacial score (nSPS) is 10.6. The van der Waals surface area contributed by atoms with Crippen LogP contribution in [0.15, 0.2) is 24.3 Å². The van der Waals surface area contributed by atoms with Crippen molar-refractivity contribution >= 4 is 23.2 Å². The quantitative estimate of drug-likeness (QED) is 0.827. The van der Waals surface area contributed by atoms with Gasteiger partial charge in [-0.2, -0.15) is 0 Å². The van der Waals surface area contributed by atoms with E-state index in [1.54, 1.807) is 4.90 Å². The van der Waals surface area contributed by atoms with Gasteiger partial charge >= 0.3 is 0 Å². The van der Waals surface area contributed by atoms with Gasteiger partial charge in [0.15, 0.2) is 0 Å². The Morgan fingerprint density at radius 1 is 1.16 bits per heavy atom. The molecule has 0 radical (unpaired) electrons. The lowest BCUT2D eigenvalue weighted by molar-refractivity contribution is -0.135. The minimum atomic E-state index is -0.128. The van der Waals surface area contributed by atoms with Crippen molar-refractivity contribution in [1.29, 1.82) is 0 Å². The van der Waals surface area contributed by atoms with Crippen LogP contribution in [-0.4, -0.2) is 41.3 Å². The molecule has 1 N–H and O–H groups in total. The molecule has 0 fully saturated rings. The number of thiazole rings is 1. The molecule has 5 nitrogen and oxygen atoms in total. The molecule has 0 atom stereocenters. The first-order valence-electron chi connectivity index (χ1n) is 8.52. The molecule has 1 aromatic heterocycles. The molecule has 0 unspecified atom stereocenters. The number of amides is 2. The molecule has 1 heterocycles. The number of nitrogens with zero attached hydrogens (tertiary/aromatic N) is 2. The lowest BCUT2D eigenvalue weighted by atomic mass is 10.1. The predicted molar refractivity (Wildman–Crippen MR) is 102 cm³/mol. The molecular weight excluding hydrogens is 334 g/mol. The highest BCUT2D eigenvalue weighted by Gasteiger charge is 2.20. The third-order valence-corrected chi connectivity index (χ3v) is 4.85. The summed E-state index contributed by atoms with van der Waals surface area (Å²) in [6.45, 7) is 8.91. The Labute approximate surface area is 153 Å². The summed E-state index contributed by atoms with van der Waals surface area (Å²) in [4.78, 5) is 31.6. The first kappa shape index (κ1) is 19.1. The van der Waals surface area contributed by atoms with Crippen LogP contribution in [0, 0.1) is 13.8 Å². The zero-order valence-electron chi connectivity index (χ0n) is 15.3. The molecule has 2 amide bonds. The van der Waals surface area contributed by atoms with Crippen LogP contribution in [0.5, 0.6) is 0 Å². The van der Waals surface area contributed by atoms with E-state index >= 15 is 0 Å². The molecule has 0 bridgehead atoms. The molecule has 0 spiro atoms. The van der Waals surface area contributed by atoms with Gasteiger partial charge in [-0.15, -0.1) is 11.3 Å². The zero-order valence-corrected chi connectivity index (χ0v) is 16.1. The van der Waals surface area contributed by atoms with Crippen molar-refractivity contribution < 1.29 is 9.59 Å². The number of likely N-dealkylation sites (N-methyl/N-ethyl adjacent to an activating group) is 2. The molecule has 0 aliphatic carbocycles. The molecule has 0 saturated carbocycles. The van der Waals surface area contributed by atoms with Crippen LogP contribution >= 0.6 is 11.3 Å². The van der Waals surface area contributed by atoms with Gasteiger partial charge in [-0.05, 0) is 27.7 Å². The summed E-state index contributed by atoms with van der Waals surface area (Å²) >= 11 is 1.54. The number of hydrogen-bond acceptors (Lipinski definition) is 4. The SMILES string of the molecule is CCNC(=O)CN(CC)C(=O)Cc1sc(C)nc1-c1ccc(C)cc1. The highest BCUT2D eigenvalue weighted by atomic mass is 32.1. The second-order valence-corrected chi connectivity index (χ2v) is 7.20. The minimum Gasteiger partial charge on any atom is -0.355 e. The summed E-state index contributed by atoms with van der Waals surface area (Å²) < 4.78 is 0. The van der Waals surface area contributed by atoms with E-state index in [2.05, 4.69) is 10.3 Å². The third kappa shape index (κ3) is 5.13. The fourth-order valence-electron chi connectivity index (χ4n) is 2.58. The lowest BCUT2D eigenvalue weighted by Gasteiger charge is -2.20. The smallest absolute Gasteiger partial charge is 0.239 e. The molecule has 0 aliphatic rings. The van der Waals surface area contributed by atoms with Crippen LogP contribution in [0.3, 0.4) is 0 Å². The molecule has 2 aromatic rings. The number of carbonyl (C=O) groups is 2. The van der Waals surface area contributed by atoms with E-state index in [-0.39, 0.29) is 24.8 Å². The number of carbonyl (C=O) groups excluding carboxylic acids is 2. The minimum absolute atomic E-state index is 0.0502. The van der Waals surface area contributed by atoms with Crippen molar-refractivity contribution in [3.8, 4) is 11.3 Å². The maximum Gasteiger partial charge on any atom is 0.239 e. The molecular formula is C19H25N3O2S. The van der Waals surface area contributed by atoms with Crippen LogP contribution in [0.1, 0.15) is 29.3 Å². The molecule has 1 aromatic carbocycles. The monoisotopic (exact) mass is 359 g/mol. The van der Waals surface area contributed by atoms with Gasteiger partial charge < -0.3 is 10.2 Å². The average molecular weight is 359 g/mol. The largest absolute Gasteiger partial charge is 0.355 e. The van der Waals surface area contributed by atoms with Gasteiger partial charge in [-0.3, -0.25) is 9.59 Å². The van der Waals surface area contributed by atoms with Crippen LogP contribution in [0.25, 0.3) is 11.3 Å². The van der Waals surface area contributed by atoms with Crippen molar-refractivity contribution in [1.82, 2.24) is 15.2 Å². The predicted octanol–water partition coefficient (Wildman–Crippen LogP) is 2.95. The van der Waals surface area contributed by atoms with Crippen LogP contribution in [-0.2, 0) is 16.0 Å². The number of rotatable bonds is 7. The first-order chi connectivity index (χ1) is 11.9. The Morgan fingerprint density at radius 3 is 2.44 bits per heavy atom. The van der Waals surface area contributed by atoms with Crippen molar-refractivity contribution in [2.24, 2.45) is 0 Å². The Hall–Kier alpha value is -2.21. The topological polar surface area (TPSA) is 62.3 Å². The Kier molecular flexibility index (Phi) is 6.70. The molecule has 2 rings (SSSR count). The van der Waals surface area contributed by atoms with Crippen molar-refractivity contribution in [3.63, 3.8) is 0 Å². The van der Waals surface area contributed by atoms with Gasteiger partial charge in [0.05, 0.1) is 23.7 Å². The van der Waals surface area contributed by atoms with Crippen LogP contribution in [0.2, 0.25) is 0 Å². The van der Waals surface area contributed by atoms with E-state index in [0.29, 0.717) is 13.1 Å². The van der Waals surface area contributed by atoms with E-state index in [0.717, 1.165) is 21.1 Å². The van der Waals surface area contributed by atoms with Gasteiger partial charge in [0, 0.05) is 23.5 Å². The van der Waals surface area contributed by atoms with Gasteiger partial charge in [0.2, 0.25) is 11.8 Å². The van der Waals surface area contributed by atoms with Crippen molar-refractivity contribution in [3.05, 3.63) is 39.7 Å². The maximum atomic E-state index is 12.7. The van der Waals surface area contributed by atoms with Crippen molar-refractivity contribution in [2.75, 3.05) is 19.6 Å². The van der Waals surface area contributed by atoms with E-state index in [1.165, 1.54) is 16.9 Å². The van der Waals surface area contributed by atoms with E-state index < -0.39 is 0 Å². The van der Waals surface area contributed by atoms with E-state index in [4.69, 9.17) is 0 Å². The molecule has 25 heavy (non-hydrogen) atoms. The van der Waals surface area contributed by atoms with Gasteiger partial charge in [-0.25, -0.2) is 4.98 Å². The van der Waals surface area contributed by atoms with E-state index in [1.807, 2.05) is 52.0 Å². The summed E-state index contributed by atoms with van der Waals surface area (Å²) in [5.41, 5.74) is 3.07. The fourth-order valence-corrected chi connectivity index (χ4v) is 3.53. The van der Waals surface area contributed by atoms with Crippen LogP contribution < -0.4 is 5.32 Å². The lowest BCUT2D eigenvalue weighted by Crippen LogP contribution is -2.41. The number of aromatic nitrogens is 1. The standard InChI is InChI=1S/C19H25N3O2S/c1-5-20-17(23)12-22(6-2)18(24)11-16-19(21-14(4)25-16)15-9-7-13(3)8-10-15/h7-10H,5-6,11-12H2,1-4H3,(H,20,23). The first-order valence-corrected chi connectivity index (χ1v) is 9.34. The highest BCUT2D eigenvalue weighted by Crippen LogP contribution is 2.29. The van der Waals surface area contributed by atoms with Gasteiger partial charge in [0.1, 0.15) is 0 Å². The van der Waals surface area contributed by atoms with E-state index in [9.17, 15) is 9.59 Å². The van der Waals surface area contributed by atoms with Crippen molar-refractivity contribution in [2.45, 2.75) is 34.1 Å². The number of aryl methyl sites for hydroxylation is 2. The zero-order chi connectivity index (χ0) is 18.4. The maximum absolute atomic E-state index is 12.7. The summed E-state index contributed by atoms with van der Waals surface area (Å²) in [5.74, 6) is -0.178. The fraction of sp³-hybridized carbons (Fsp3) is 0.421. The summed E-state index contributed by atoms with van der Waals surface area (Å²) in [5, 5.41) is 3.67. The number of hydrogen-bond donors (Lipinski definition) is 1. The summed E-state index contributed by atoms with van der Waals surface area (Å²) in [7, 11) is 0. The van der Waals surface area contributed by atoms with Crippen LogP contribution in [0.4, 0.5) is 0 Å².